The molecule has 1 unspecified atom stereocenters. The van der Waals surface area contributed by atoms with E-state index in [2.05, 4.69) is 0 Å². The van der Waals surface area contributed by atoms with Gasteiger partial charge in [-0.2, -0.15) is 0 Å². The Balaban J connectivity index is 2.53. The molecule has 0 aromatic heterocycles. The van der Waals surface area contributed by atoms with Crippen LogP contribution in [0.2, 0.25) is 0 Å². The molecule has 1 aromatic carbocycles. The Labute approximate surface area is 105 Å². The SMILES string of the molecule is OC(C1=COCCC1)c1c(F)c(F)c(F)c(F)c1F. The molecule has 1 aromatic rings. The Morgan fingerprint density at radius 3 is 1.95 bits per heavy atom. The maximum atomic E-state index is 13.5. The van der Waals surface area contributed by atoms with Crippen molar-refractivity contribution in [3.8, 4) is 0 Å². The average molecular weight is 280 g/mol. The van der Waals surface area contributed by atoms with Gasteiger partial charge in [-0.15, -0.1) is 0 Å². The fraction of sp³-hybridized carbons (Fsp3) is 0.333. The maximum absolute atomic E-state index is 13.5. The van der Waals surface area contributed by atoms with Gasteiger partial charge in [0.1, 0.15) is 6.10 Å². The molecule has 0 spiro atoms. The van der Waals surface area contributed by atoms with E-state index in [9.17, 15) is 27.1 Å². The first kappa shape index (κ1) is 13.8. The summed E-state index contributed by atoms with van der Waals surface area (Å²) in [5.74, 6) is -10.5. The molecule has 104 valence electrons. The number of aliphatic hydroxyl groups is 1. The molecule has 1 heterocycles. The number of hydrogen-bond acceptors (Lipinski definition) is 2. The molecule has 0 amide bonds. The summed E-state index contributed by atoms with van der Waals surface area (Å²) in [4.78, 5) is 0. The highest BCUT2D eigenvalue weighted by molar-refractivity contribution is 5.31. The third kappa shape index (κ3) is 2.30. The molecule has 2 nitrogen and oxygen atoms in total. The summed E-state index contributed by atoms with van der Waals surface area (Å²) in [7, 11) is 0. The number of rotatable bonds is 2. The predicted octanol–water partition coefficient (Wildman–Crippen LogP) is 3.11. The Morgan fingerprint density at radius 2 is 1.47 bits per heavy atom. The largest absolute Gasteiger partial charge is 0.501 e. The lowest BCUT2D eigenvalue weighted by Gasteiger charge is -2.20. The van der Waals surface area contributed by atoms with Crippen LogP contribution in [-0.4, -0.2) is 11.7 Å². The monoisotopic (exact) mass is 280 g/mol. The van der Waals surface area contributed by atoms with Crippen molar-refractivity contribution < 1.29 is 31.8 Å². The van der Waals surface area contributed by atoms with E-state index in [1.54, 1.807) is 0 Å². The second-order valence-electron chi connectivity index (χ2n) is 4.05. The van der Waals surface area contributed by atoms with Crippen molar-refractivity contribution >= 4 is 0 Å². The summed E-state index contributed by atoms with van der Waals surface area (Å²) in [6.45, 7) is 0.368. The molecule has 2 rings (SSSR count). The van der Waals surface area contributed by atoms with Crippen molar-refractivity contribution in [2.75, 3.05) is 6.61 Å². The van der Waals surface area contributed by atoms with E-state index in [1.165, 1.54) is 0 Å². The summed E-state index contributed by atoms with van der Waals surface area (Å²) in [5.41, 5.74) is -1.19. The predicted molar refractivity (Wildman–Crippen MR) is 54.5 cm³/mol. The van der Waals surface area contributed by atoms with Crippen LogP contribution in [0, 0.1) is 29.1 Å². The first-order valence-corrected chi connectivity index (χ1v) is 5.45. The summed E-state index contributed by atoms with van der Waals surface area (Å²) in [6, 6.07) is 0. The molecular weight excluding hydrogens is 271 g/mol. The molecule has 1 atom stereocenters. The minimum Gasteiger partial charge on any atom is -0.501 e. The van der Waals surface area contributed by atoms with Crippen LogP contribution < -0.4 is 0 Å². The minimum atomic E-state index is -2.25. The smallest absolute Gasteiger partial charge is 0.200 e. The Kier molecular flexibility index (Phi) is 3.75. The highest BCUT2D eigenvalue weighted by atomic mass is 19.2. The molecule has 0 radical (unpaired) electrons. The van der Waals surface area contributed by atoms with E-state index in [0.29, 0.717) is 13.0 Å². The number of hydrogen-bond donors (Lipinski definition) is 1. The van der Waals surface area contributed by atoms with Gasteiger partial charge in [0.2, 0.25) is 5.82 Å². The van der Waals surface area contributed by atoms with Gasteiger partial charge in [0.05, 0.1) is 18.4 Å². The van der Waals surface area contributed by atoms with Crippen LogP contribution in [-0.2, 0) is 4.74 Å². The second kappa shape index (κ2) is 5.16. The third-order valence-electron chi connectivity index (χ3n) is 2.83. The molecule has 0 aliphatic carbocycles. The zero-order chi connectivity index (χ0) is 14.2. The Hall–Kier alpha value is -1.63. The van der Waals surface area contributed by atoms with Gasteiger partial charge >= 0.3 is 0 Å². The summed E-state index contributed by atoms with van der Waals surface area (Å²) in [6.07, 6.45) is -0.115. The van der Waals surface area contributed by atoms with Gasteiger partial charge < -0.3 is 9.84 Å². The van der Waals surface area contributed by atoms with Crippen LogP contribution >= 0.6 is 0 Å². The fourth-order valence-corrected chi connectivity index (χ4v) is 1.83. The number of aliphatic hydroxyl groups excluding tert-OH is 1. The van der Waals surface area contributed by atoms with Crippen molar-refractivity contribution in [1.82, 2.24) is 0 Å². The summed E-state index contributed by atoms with van der Waals surface area (Å²) >= 11 is 0. The number of halogens is 5. The van der Waals surface area contributed by atoms with Gasteiger partial charge in [-0.1, -0.05) is 0 Å². The molecule has 0 saturated carbocycles. The first-order valence-electron chi connectivity index (χ1n) is 5.45. The highest BCUT2D eigenvalue weighted by Gasteiger charge is 2.31. The van der Waals surface area contributed by atoms with Gasteiger partial charge in [-0.05, 0) is 18.4 Å². The van der Waals surface area contributed by atoms with E-state index >= 15 is 0 Å². The molecule has 0 fully saturated rings. The molecule has 0 bridgehead atoms. The molecule has 7 heteroatoms. The van der Waals surface area contributed by atoms with E-state index < -0.39 is 40.8 Å². The lowest BCUT2D eigenvalue weighted by Crippen LogP contribution is -2.15. The van der Waals surface area contributed by atoms with Crippen molar-refractivity contribution in [2.45, 2.75) is 18.9 Å². The molecule has 1 aliphatic rings. The van der Waals surface area contributed by atoms with E-state index in [-0.39, 0.29) is 12.0 Å². The zero-order valence-electron chi connectivity index (χ0n) is 9.52. The molecular formula is C12H9F5O2. The third-order valence-corrected chi connectivity index (χ3v) is 2.83. The molecule has 0 saturated heterocycles. The van der Waals surface area contributed by atoms with E-state index in [4.69, 9.17) is 4.74 Å². The van der Waals surface area contributed by atoms with Crippen LogP contribution in [0.15, 0.2) is 11.8 Å². The standard InChI is InChI=1S/C12H9F5O2/c13-7-6(8(14)10(16)11(17)9(7)15)12(18)5-2-1-3-19-4-5/h4,12,18H,1-3H2. The van der Waals surface area contributed by atoms with Crippen molar-refractivity contribution in [1.29, 1.82) is 0 Å². The summed E-state index contributed by atoms with van der Waals surface area (Å²) < 4.78 is 70.6. The van der Waals surface area contributed by atoms with Crippen LogP contribution in [0.5, 0.6) is 0 Å². The topological polar surface area (TPSA) is 29.5 Å². The number of benzene rings is 1. The maximum Gasteiger partial charge on any atom is 0.200 e. The van der Waals surface area contributed by atoms with Crippen LogP contribution in [0.4, 0.5) is 22.0 Å². The van der Waals surface area contributed by atoms with Gasteiger partial charge in [-0.25, -0.2) is 22.0 Å². The molecule has 1 N–H and O–H groups in total. The first-order chi connectivity index (χ1) is 8.95. The van der Waals surface area contributed by atoms with Crippen molar-refractivity contribution in [2.24, 2.45) is 0 Å². The normalized spacial score (nSPS) is 16.8. The van der Waals surface area contributed by atoms with Gasteiger partial charge in [0.25, 0.3) is 0 Å². The molecule has 1 aliphatic heterocycles. The summed E-state index contributed by atoms with van der Waals surface area (Å²) in [5, 5.41) is 9.76. The van der Waals surface area contributed by atoms with E-state index in [0.717, 1.165) is 6.26 Å². The van der Waals surface area contributed by atoms with Crippen molar-refractivity contribution in [3.05, 3.63) is 46.5 Å². The van der Waals surface area contributed by atoms with Crippen LogP contribution in [0.3, 0.4) is 0 Å². The van der Waals surface area contributed by atoms with Crippen molar-refractivity contribution in [3.63, 3.8) is 0 Å². The van der Waals surface area contributed by atoms with Gasteiger partial charge in [0.15, 0.2) is 23.3 Å². The highest BCUT2D eigenvalue weighted by Crippen LogP contribution is 2.33. The fourth-order valence-electron chi connectivity index (χ4n) is 1.83. The number of ether oxygens (including phenoxy) is 1. The van der Waals surface area contributed by atoms with E-state index in [1.807, 2.05) is 0 Å². The van der Waals surface area contributed by atoms with Gasteiger partial charge in [0, 0.05) is 0 Å². The lowest BCUT2D eigenvalue weighted by atomic mass is 9.96. The lowest BCUT2D eigenvalue weighted by molar-refractivity contribution is 0.161. The average Bonchev–Trinajstić information content (AvgIpc) is 2.44. The van der Waals surface area contributed by atoms with Crippen LogP contribution in [0.1, 0.15) is 24.5 Å². The molecule has 19 heavy (non-hydrogen) atoms. The zero-order valence-corrected chi connectivity index (χ0v) is 9.52. The van der Waals surface area contributed by atoms with Gasteiger partial charge in [-0.3, -0.25) is 0 Å². The second-order valence-corrected chi connectivity index (χ2v) is 4.05. The van der Waals surface area contributed by atoms with Crippen LogP contribution in [0.25, 0.3) is 0 Å². The Bertz CT molecular complexity index is 512. The Morgan fingerprint density at radius 1 is 0.947 bits per heavy atom. The quantitative estimate of drug-likeness (QED) is 0.512. The minimum absolute atomic E-state index is 0.0643.